The zero-order chi connectivity index (χ0) is 12.3. The number of cyclic esters (lactones) is 1. The van der Waals surface area contributed by atoms with Gasteiger partial charge in [-0.3, -0.25) is 9.59 Å². The molecule has 0 spiro atoms. The molecule has 1 aliphatic heterocycles. The van der Waals surface area contributed by atoms with E-state index in [4.69, 9.17) is 4.74 Å². The minimum Gasteiger partial charge on any atom is -0.463 e. The number of hydrogen-bond donors (Lipinski definition) is 0. The van der Waals surface area contributed by atoms with Crippen molar-refractivity contribution in [2.24, 2.45) is 5.92 Å². The fourth-order valence-electron chi connectivity index (χ4n) is 2.27. The van der Waals surface area contributed by atoms with Gasteiger partial charge in [-0.1, -0.05) is 19.8 Å². The summed E-state index contributed by atoms with van der Waals surface area (Å²) in [5, 5.41) is 0. The zero-order valence-electron chi connectivity index (χ0n) is 10.5. The molecular weight excluding hydrogens is 218 g/mol. The van der Waals surface area contributed by atoms with Gasteiger partial charge in [0.15, 0.2) is 0 Å². The molecule has 1 atom stereocenters. The Kier molecular flexibility index (Phi) is 4.02. The first-order valence-electron chi connectivity index (χ1n) is 6.68. The van der Waals surface area contributed by atoms with Crippen LogP contribution in [-0.4, -0.2) is 36.0 Å². The average molecular weight is 239 g/mol. The van der Waals surface area contributed by atoms with Crippen LogP contribution < -0.4 is 0 Å². The Hall–Kier alpha value is -1.06. The first-order valence-corrected chi connectivity index (χ1v) is 6.68. The van der Waals surface area contributed by atoms with E-state index in [2.05, 4.69) is 6.92 Å². The number of amides is 1. The molecule has 1 unspecified atom stereocenters. The Bertz CT molecular complexity index is 299. The Labute approximate surface area is 102 Å². The van der Waals surface area contributed by atoms with Gasteiger partial charge in [-0.15, -0.1) is 0 Å². The average Bonchev–Trinajstić information content (AvgIpc) is 3.08. The Morgan fingerprint density at radius 1 is 1.41 bits per heavy atom. The minimum absolute atomic E-state index is 0.00699. The zero-order valence-corrected chi connectivity index (χ0v) is 10.5. The molecule has 1 heterocycles. The highest BCUT2D eigenvalue weighted by Crippen LogP contribution is 2.32. The molecule has 1 saturated carbocycles. The first-order chi connectivity index (χ1) is 8.22. The number of hydrogen-bond acceptors (Lipinski definition) is 3. The lowest BCUT2D eigenvalue weighted by atomic mass is 10.1. The fourth-order valence-corrected chi connectivity index (χ4v) is 2.27. The maximum atomic E-state index is 12.2. The number of ether oxygens (including phenoxy) is 1. The van der Waals surface area contributed by atoms with Crippen molar-refractivity contribution in [3.05, 3.63) is 0 Å². The van der Waals surface area contributed by atoms with Crippen molar-refractivity contribution in [2.75, 3.05) is 13.2 Å². The Balaban J connectivity index is 1.90. The van der Waals surface area contributed by atoms with Crippen LogP contribution in [0.2, 0.25) is 0 Å². The lowest BCUT2D eigenvalue weighted by molar-refractivity contribution is -0.138. The molecule has 0 bridgehead atoms. The van der Waals surface area contributed by atoms with Crippen LogP contribution in [0.3, 0.4) is 0 Å². The van der Waals surface area contributed by atoms with Crippen LogP contribution in [0.15, 0.2) is 0 Å². The monoisotopic (exact) mass is 239 g/mol. The number of carbonyl (C=O) groups excluding carboxylic acids is 2. The third kappa shape index (κ3) is 3.20. The lowest BCUT2D eigenvalue weighted by Gasteiger charge is -2.27. The van der Waals surface area contributed by atoms with Gasteiger partial charge in [0.25, 0.3) is 0 Å². The summed E-state index contributed by atoms with van der Waals surface area (Å²) in [7, 11) is 0. The summed E-state index contributed by atoms with van der Waals surface area (Å²) in [6.07, 6.45) is 5.72. The van der Waals surface area contributed by atoms with Gasteiger partial charge in [-0.05, 0) is 19.3 Å². The van der Waals surface area contributed by atoms with Crippen LogP contribution in [0.4, 0.5) is 0 Å². The number of nitrogens with zero attached hydrogens (tertiary/aromatic N) is 1. The Morgan fingerprint density at radius 2 is 2.18 bits per heavy atom. The number of unbranched alkanes of at least 4 members (excludes halogenated alkanes) is 2. The smallest absolute Gasteiger partial charge is 0.308 e. The van der Waals surface area contributed by atoms with Gasteiger partial charge in [0.05, 0.1) is 12.5 Å². The summed E-state index contributed by atoms with van der Waals surface area (Å²) < 4.78 is 4.97. The first kappa shape index (κ1) is 12.4. The summed E-state index contributed by atoms with van der Waals surface area (Å²) in [4.78, 5) is 25.2. The van der Waals surface area contributed by atoms with Gasteiger partial charge < -0.3 is 9.64 Å². The van der Waals surface area contributed by atoms with Crippen LogP contribution in [-0.2, 0) is 14.3 Å². The van der Waals surface area contributed by atoms with Gasteiger partial charge in [0, 0.05) is 12.5 Å². The van der Waals surface area contributed by atoms with Crippen molar-refractivity contribution in [3.8, 4) is 0 Å². The molecule has 0 N–H and O–H groups in total. The van der Waals surface area contributed by atoms with Gasteiger partial charge in [0.1, 0.15) is 6.61 Å². The number of rotatable bonds is 6. The molecule has 0 radical (unpaired) electrons. The fraction of sp³-hybridized carbons (Fsp3) is 0.846. The topological polar surface area (TPSA) is 46.6 Å². The molecule has 2 rings (SSSR count). The molecule has 2 aliphatic rings. The second kappa shape index (κ2) is 5.52. The lowest BCUT2D eigenvalue weighted by Crippen LogP contribution is -2.42. The highest BCUT2D eigenvalue weighted by Gasteiger charge is 2.38. The van der Waals surface area contributed by atoms with Gasteiger partial charge in [-0.2, -0.15) is 0 Å². The van der Waals surface area contributed by atoms with E-state index in [0.29, 0.717) is 13.0 Å². The molecule has 1 saturated heterocycles. The van der Waals surface area contributed by atoms with E-state index in [1.807, 2.05) is 4.90 Å². The molecule has 1 amide bonds. The molecule has 96 valence electrons. The highest BCUT2D eigenvalue weighted by atomic mass is 16.5. The summed E-state index contributed by atoms with van der Waals surface area (Å²) in [6.45, 7) is 3.32. The summed E-state index contributed by atoms with van der Waals surface area (Å²) in [6, 6.07) is -0.00699. The molecule has 0 aromatic rings. The third-order valence-electron chi connectivity index (χ3n) is 3.49. The van der Waals surface area contributed by atoms with Crippen LogP contribution in [0.25, 0.3) is 0 Å². The molecular formula is C13H21NO3. The van der Waals surface area contributed by atoms with Crippen molar-refractivity contribution in [1.29, 1.82) is 0 Å². The van der Waals surface area contributed by atoms with E-state index in [9.17, 15) is 9.59 Å². The molecule has 0 aromatic heterocycles. The second-order valence-electron chi connectivity index (χ2n) is 5.05. The number of carbonyl (C=O) groups is 2. The van der Waals surface area contributed by atoms with E-state index in [-0.39, 0.29) is 23.8 Å². The van der Waals surface area contributed by atoms with Gasteiger partial charge in [0.2, 0.25) is 5.91 Å². The summed E-state index contributed by atoms with van der Waals surface area (Å²) >= 11 is 0. The van der Waals surface area contributed by atoms with E-state index in [1.165, 1.54) is 0 Å². The third-order valence-corrected chi connectivity index (χ3v) is 3.49. The predicted molar refractivity (Wildman–Crippen MR) is 63.3 cm³/mol. The summed E-state index contributed by atoms with van der Waals surface area (Å²) in [5.41, 5.74) is 0. The maximum absolute atomic E-state index is 12.2. The largest absolute Gasteiger partial charge is 0.463 e. The normalized spacial score (nSPS) is 23.6. The van der Waals surface area contributed by atoms with Crippen LogP contribution in [0.1, 0.15) is 45.4 Å². The van der Waals surface area contributed by atoms with Crippen molar-refractivity contribution < 1.29 is 14.3 Å². The van der Waals surface area contributed by atoms with Crippen molar-refractivity contribution in [3.63, 3.8) is 0 Å². The molecule has 17 heavy (non-hydrogen) atoms. The van der Waals surface area contributed by atoms with Crippen molar-refractivity contribution in [2.45, 2.75) is 51.5 Å². The minimum atomic E-state index is -0.168. The molecule has 4 nitrogen and oxygen atoms in total. The SMILES string of the molecule is CCCCCN(C(=O)C1CC1)C1COC(=O)C1. The van der Waals surface area contributed by atoms with E-state index in [1.54, 1.807) is 0 Å². The summed E-state index contributed by atoms with van der Waals surface area (Å²) in [5.74, 6) is 0.302. The molecule has 1 aliphatic carbocycles. The van der Waals surface area contributed by atoms with E-state index < -0.39 is 0 Å². The Morgan fingerprint density at radius 3 is 2.71 bits per heavy atom. The quantitative estimate of drug-likeness (QED) is 0.524. The standard InChI is InChI=1S/C13H21NO3/c1-2-3-4-7-14(13(16)10-5-6-10)11-8-12(15)17-9-11/h10-11H,2-9H2,1H3. The maximum Gasteiger partial charge on any atom is 0.308 e. The number of esters is 1. The van der Waals surface area contributed by atoms with E-state index >= 15 is 0 Å². The van der Waals surface area contributed by atoms with Gasteiger partial charge in [-0.25, -0.2) is 0 Å². The second-order valence-corrected chi connectivity index (χ2v) is 5.05. The highest BCUT2D eigenvalue weighted by molar-refractivity contribution is 5.82. The molecule has 0 aromatic carbocycles. The van der Waals surface area contributed by atoms with Crippen molar-refractivity contribution >= 4 is 11.9 Å². The van der Waals surface area contributed by atoms with Crippen LogP contribution >= 0.6 is 0 Å². The van der Waals surface area contributed by atoms with Crippen LogP contribution in [0.5, 0.6) is 0 Å². The predicted octanol–water partition coefficient (Wildman–Crippen LogP) is 1.73. The van der Waals surface area contributed by atoms with Crippen molar-refractivity contribution in [1.82, 2.24) is 4.90 Å². The molecule has 4 heteroatoms. The molecule has 2 fully saturated rings. The van der Waals surface area contributed by atoms with Crippen LogP contribution in [0, 0.1) is 5.92 Å². The van der Waals surface area contributed by atoms with Gasteiger partial charge >= 0.3 is 5.97 Å². The van der Waals surface area contributed by atoms with E-state index in [0.717, 1.165) is 38.6 Å².